The minimum Gasteiger partial charge on any atom is -0.504 e. The van der Waals surface area contributed by atoms with Gasteiger partial charge in [0, 0.05) is 0 Å². The molecule has 0 amide bonds. The van der Waals surface area contributed by atoms with Crippen molar-refractivity contribution in [2.75, 3.05) is 0 Å². The molecule has 0 aliphatic heterocycles. The minimum atomic E-state index is -0.145. The molecule has 5 aliphatic rings. The SMILES string of the molecule is C.C.C.C.C.C.CC1Cc2ccccc2C1C.CCC(C)C(=O)OC1(C)C2CC3CC(C2)CC1C3.CCC(C)c1ccc(O)c(OCc2ccccc2)c1. The molecule has 4 unspecified atom stereocenters. The van der Waals surface area contributed by atoms with Crippen LogP contribution in [0, 0.1) is 35.5 Å². The van der Waals surface area contributed by atoms with Gasteiger partial charge >= 0.3 is 5.97 Å². The molecule has 4 fully saturated rings. The molecule has 5 aliphatic carbocycles. The third kappa shape index (κ3) is 12.4. The predicted octanol–water partition coefficient (Wildman–Crippen LogP) is 15.1. The predicted molar refractivity (Wildman–Crippen MR) is 237 cm³/mol. The van der Waals surface area contributed by atoms with Gasteiger partial charge in [0.15, 0.2) is 11.5 Å². The quantitative estimate of drug-likeness (QED) is 0.233. The van der Waals surface area contributed by atoms with Crippen molar-refractivity contribution in [3.05, 3.63) is 95.1 Å². The maximum absolute atomic E-state index is 12.1. The molecule has 4 nitrogen and oxygen atoms in total. The number of hydrogen-bond donors (Lipinski definition) is 1. The molecule has 4 saturated carbocycles. The average Bonchev–Trinajstić information content (AvgIpc) is 3.39. The van der Waals surface area contributed by atoms with Crippen LogP contribution in [-0.2, 0) is 22.6 Å². The van der Waals surface area contributed by atoms with E-state index in [0.717, 1.165) is 42.1 Å². The summed E-state index contributed by atoms with van der Waals surface area (Å²) in [5.74, 6) is 6.07. The Morgan fingerprint density at radius 2 is 1.33 bits per heavy atom. The molecular formula is C50H84O4. The molecule has 0 heterocycles. The number of esters is 1. The van der Waals surface area contributed by atoms with E-state index in [4.69, 9.17) is 9.47 Å². The van der Waals surface area contributed by atoms with Crippen LogP contribution in [0.25, 0.3) is 0 Å². The number of phenols is 1. The monoisotopic (exact) mass is 749 g/mol. The van der Waals surface area contributed by atoms with Crippen molar-refractivity contribution in [1.29, 1.82) is 0 Å². The lowest BCUT2D eigenvalue weighted by atomic mass is 9.50. The minimum absolute atomic E-state index is 0. The fourth-order valence-corrected chi connectivity index (χ4v) is 8.69. The van der Waals surface area contributed by atoms with Gasteiger partial charge in [-0.1, -0.05) is 147 Å². The van der Waals surface area contributed by atoms with Crippen LogP contribution < -0.4 is 4.74 Å². The Labute approximate surface area is 334 Å². The van der Waals surface area contributed by atoms with Gasteiger partial charge in [-0.3, -0.25) is 4.79 Å². The molecule has 3 aromatic rings. The standard InChI is InChI=1S/C17H20O2.C16H26O2.C11H14.6CH4/c1-3-13(2)15-9-10-16(18)17(11-15)19-12-14-7-5-4-6-8-14;1-4-10(2)15(17)18-16(3)13-6-11-5-12(8-13)9-14(16)7-11;1-8-7-10-5-3-4-6-11(10)9(8)2;;;;;;/h4-11,13,18H,3,12H2,1-2H3;10-14H,4-9H2,1-3H3;3-6,8-9H,7H2,1-2H3;6*1H4. The Morgan fingerprint density at radius 3 is 1.87 bits per heavy atom. The molecule has 0 radical (unpaired) electrons. The number of phenolic OH excluding ortho intramolecular Hbond substituents is 1. The second kappa shape index (κ2) is 23.6. The highest BCUT2D eigenvalue weighted by molar-refractivity contribution is 5.72. The normalized spacial score (nSPS) is 25.8. The summed E-state index contributed by atoms with van der Waals surface area (Å²) in [4.78, 5) is 12.1. The van der Waals surface area contributed by atoms with Gasteiger partial charge in [0.25, 0.3) is 0 Å². The largest absolute Gasteiger partial charge is 0.504 e. The first kappa shape index (κ1) is 52.8. The molecule has 8 rings (SSSR count). The van der Waals surface area contributed by atoms with E-state index < -0.39 is 0 Å². The number of fused-ring (bicyclic) bond motifs is 1. The lowest BCUT2D eigenvalue weighted by Gasteiger charge is -2.59. The highest BCUT2D eigenvalue weighted by Gasteiger charge is 2.57. The fraction of sp³-hybridized carbons (Fsp3) is 0.620. The molecule has 4 heteroatoms. The number of aromatic hydroxyl groups is 1. The van der Waals surface area contributed by atoms with Gasteiger partial charge in [-0.15, -0.1) is 0 Å². The summed E-state index contributed by atoms with van der Waals surface area (Å²) >= 11 is 0. The molecule has 0 saturated heterocycles. The number of benzene rings is 3. The Morgan fingerprint density at radius 1 is 0.778 bits per heavy atom. The van der Waals surface area contributed by atoms with E-state index in [0.29, 0.717) is 30.1 Å². The molecule has 308 valence electrons. The highest BCUT2D eigenvalue weighted by atomic mass is 16.6. The van der Waals surface area contributed by atoms with Crippen LogP contribution in [0.3, 0.4) is 0 Å². The molecular weight excluding hydrogens is 665 g/mol. The van der Waals surface area contributed by atoms with Gasteiger partial charge < -0.3 is 14.6 Å². The van der Waals surface area contributed by atoms with E-state index in [9.17, 15) is 9.90 Å². The number of ether oxygens (including phenoxy) is 2. The van der Waals surface area contributed by atoms with E-state index in [1.165, 1.54) is 44.1 Å². The molecule has 4 atom stereocenters. The van der Waals surface area contributed by atoms with E-state index in [-0.39, 0.29) is 67.8 Å². The van der Waals surface area contributed by atoms with Crippen LogP contribution >= 0.6 is 0 Å². The summed E-state index contributed by atoms with van der Waals surface area (Å²) in [5, 5.41) is 9.84. The van der Waals surface area contributed by atoms with Crippen molar-refractivity contribution in [3.63, 3.8) is 0 Å². The number of hydrogen-bond acceptors (Lipinski definition) is 4. The third-order valence-electron chi connectivity index (χ3n) is 12.4. The fourth-order valence-electron chi connectivity index (χ4n) is 8.69. The third-order valence-corrected chi connectivity index (χ3v) is 12.4. The Hall–Kier alpha value is -3.27. The van der Waals surface area contributed by atoms with Crippen molar-refractivity contribution < 1.29 is 19.4 Å². The van der Waals surface area contributed by atoms with E-state index in [1.807, 2.05) is 49.4 Å². The molecule has 54 heavy (non-hydrogen) atoms. The Balaban J connectivity index is 0. The second-order valence-electron chi connectivity index (χ2n) is 15.7. The van der Waals surface area contributed by atoms with Gasteiger partial charge in [-0.25, -0.2) is 0 Å². The number of rotatable bonds is 8. The van der Waals surface area contributed by atoms with Gasteiger partial charge in [-0.2, -0.15) is 0 Å². The summed E-state index contributed by atoms with van der Waals surface area (Å²) in [6.45, 7) is 15.7. The van der Waals surface area contributed by atoms with Crippen LogP contribution in [0.2, 0.25) is 0 Å². The van der Waals surface area contributed by atoms with Gasteiger partial charge in [0.2, 0.25) is 0 Å². The second-order valence-corrected chi connectivity index (χ2v) is 15.7. The summed E-state index contributed by atoms with van der Waals surface area (Å²) < 4.78 is 11.7. The number of carbonyl (C=O) groups excluding carboxylic acids is 1. The zero-order valence-corrected chi connectivity index (χ0v) is 30.6. The summed E-state index contributed by atoms with van der Waals surface area (Å²) in [7, 11) is 0. The van der Waals surface area contributed by atoms with Crippen molar-refractivity contribution in [1.82, 2.24) is 0 Å². The van der Waals surface area contributed by atoms with Crippen molar-refractivity contribution >= 4 is 5.97 Å². The van der Waals surface area contributed by atoms with Gasteiger partial charge in [-0.05, 0) is 134 Å². The average molecular weight is 749 g/mol. The Kier molecular flexibility index (Phi) is 23.1. The molecule has 1 N–H and O–H groups in total. The van der Waals surface area contributed by atoms with Crippen LogP contribution in [0.5, 0.6) is 11.5 Å². The smallest absolute Gasteiger partial charge is 0.309 e. The number of carbonyl (C=O) groups is 1. The highest BCUT2D eigenvalue weighted by Crippen LogP contribution is 2.59. The lowest BCUT2D eigenvalue weighted by molar-refractivity contribution is -0.206. The lowest BCUT2D eigenvalue weighted by Crippen LogP contribution is -2.58. The zero-order chi connectivity index (χ0) is 34.4. The van der Waals surface area contributed by atoms with Crippen molar-refractivity contribution in [2.45, 2.75) is 168 Å². The molecule has 0 aromatic heterocycles. The van der Waals surface area contributed by atoms with E-state index in [1.54, 1.807) is 17.2 Å². The van der Waals surface area contributed by atoms with Crippen LogP contribution in [-0.4, -0.2) is 16.7 Å². The van der Waals surface area contributed by atoms with Crippen LogP contribution in [0.1, 0.15) is 172 Å². The Bertz CT molecular complexity index is 1450. The van der Waals surface area contributed by atoms with Gasteiger partial charge in [0.05, 0.1) is 5.92 Å². The maximum atomic E-state index is 12.1. The van der Waals surface area contributed by atoms with Crippen LogP contribution in [0.15, 0.2) is 72.8 Å². The topological polar surface area (TPSA) is 55.8 Å². The van der Waals surface area contributed by atoms with Gasteiger partial charge in [0.1, 0.15) is 12.2 Å². The van der Waals surface area contributed by atoms with Crippen LogP contribution in [0.4, 0.5) is 0 Å². The molecule has 4 bridgehead atoms. The summed E-state index contributed by atoms with van der Waals surface area (Å²) in [6.07, 6.45) is 9.89. The zero-order valence-electron chi connectivity index (χ0n) is 30.6. The first-order valence-corrected chi connectivity index (χ1v) is 18.8. The van der Waals surface area contributed by atoms with Crippen molar-refractivity contribution in [3.8, 4) is 11.5 Å². The molecule has 3 aromatic carbocycles. The van der Waals surface area contributed by atoms with E-state index >= 15 is 0 Å². The first-order chi connectivity index (χ1) is 23.0. The van der Waals surface area contributed by atoms with E-state index in [2.05, 4.69) is 65.8 Å². The van der Waals surface area contributed by atoms with Crippen molar-refractivity contribution in [2.24, 2.45) is 35.5 Å². The first-order valence-electron chi connectivity index (χ1n) is 18.8. The summed E-state index contributed by atoms with van der Waals surface area (Å²) in [6, 6.07) is 24.4. The maximum Gasteiger partial charge on any atom is 0.309 e. The molecule has 0 spiro atoms. The summed E-state index contributed by atoms with van der Waals surface area (Å²) in [5.41, 5.74) is 5.28.